The zero-order valence-electron chi connectivity index (χ0n) is 12.5. The molecule has 24 heavy (non-hydrogen) atoms. The molecule has 8 heteroatoms. The van der Waals surface area contributed by atoms with Crippen LogP contribution in [0.4, 0.5) is 0 Å². The Morgan fingerprint density at radius 3 is 1.67 bits per heavy atom. The summed E-state index contributed by atoms with van der Waals surface area (Å²) < 4.78 is 10.1. The Labute approximate surface area is 137 Å². The molecule has 2 amide bonds. The molecular weight excluding hydrogens is 312 g/mol. The number of allylic oxidation sites excluding steroid dienone is 2. The Hall–Kier alpha value is -3.68. The first-order valence-corrected chi connectivity index (χ1v) is 6.82. The standard InChI is InChI=1S/C16H14N4O4/c21-15(19-17-9-1-5-13-7-3-11-23-13)16(22)20-18-10-2-6-14-8-4-12-24-14/h1-12H,(H,19,21)(H,20,22)/b5-1+,6-2+,17-9+,18-10?. The summed E-state index contributed by atoms with van der Waals surface area (Å²) in [5.41, 5.74) is 4.11. The van der Waals surface area contributed by atoms with E-state index in [0.29, 0.717) is 11.5 Å². The number of rotatable bonds is 6. The number of hydrazone groups is 2. The molecule has 0 unspecified atom stereocenters. The fourth-order valence-electron chi connectivity index (χ4n) is 1.43. The summed E-state index contributed by atoms with van der Waals surface area (Å²) in [6.07, 6.45) is 12.1. The molecule has 0 saturated carbocycles. The van der Waals surface area contributed by atoms with Gasteiger partial charge < -0.3 is 8.83 Å². The number of carbonyl (C=O) groups excluding carboxylic acids is 2. The van der Waals surface area contributed by atoms with Gasteiger partial charge in [-0.15, -0.1) is 0 Å². The number of hydrogen-bond acceptors (Lipinski definition) is 6. The molecule has 2 heterocycles. The van der Waals surface area contributed by atoms with E-state index in [1.807, 2.05) is 0 Å². The van der Waals surface area contributed by atoms with Crippen LogP contribution in [0, 0.1) is 0 Å². The molecule has 0 fully saturated rings. The van der Waals surface area contributed by atoms with Gasteiger partial charge in [-0.3, -0.25) is 9.59 Å². The molecule has 0 saturated heterocycles. The van der Waals surface area contributed by atoms with Gasteiger partial charge >= 0.3 is 11.8 Å². The van der Waals surface area contributed by atoms with Crippen molar-refractivity contribution in [1.29, 1.82) is 0 Å². The smallest absolute Gasteiger partial charge is 0.331 e. The topological polar surface area (TPSA) is 109 Å². The lowest BCUT2D eigenvalue weighted by Crippen LogP contribution is -2.35. The lowest BCUT2D eigenvalue weighted by atomic mass is 10.4. The minimum atomic E-state index is -0.940. The van der Waals surface area contributed by atoms with E-state index in [0.717, 1.165) is 0 Å². The number of nitrogens with zero attached hydrogens (tertiary/aromatic N) is 2. The Morgan fingerprint density at radius 1 is 0.833 bits per heavy atom. The van der Waals surface area contributed by atoms with Gasteiger partial charge in [0.15, 0.2) is 0 Å². The van der Waals surface area contributed by atoms with Gasteiger partial charge in [0.2, 0.25) is 0 Å². The maximum atomic E-state index is 11.4. The number of amides is 2. The fraction of sp³-hybridized carbons (Fsp3) is 0. The van der Waals surface area contributed by atoms with E-state index >= 15 is 0 Å². The highest BCUT2D eigenvalue weighted by Crippen LogP contribution is 2.01. The molecule has 122 valence electrons. The summed E-state index contributed by atoms with van der Waals surface area (Å²) in [6.45, 7) is 0. The van der Waals surface area contributed by atoms with Gasteiger partial charge in [-0.05, 0) is 48.6 Å². The molecule has 0 aromatic carbocycles. The second-order valence-electron chi connectivity index (χ2n) is 4.19. The van der Waals surface area contributed by atoms with Crippen molar-refractivity contribution in [2.24, 2.45) is 10.2 Å². The van der Waals surface area contributed by atoms with E-state index in [1.165, 1.54) is 25.0 Å². The van der Waals surface area contributed by atoms with Crippen molar-refractivity contribution in [3.05, 3.63) is 60.5 Å². The summed E-state index contributed by atoms with van der Waals surface area (Å²) in [4.78, 5) is 22.8. The SMILES string of the molecule is O=C(NN=C/C=C/c1ccco1)C(=O)N/N=C/C=C/c1ccco1. The molecule has 8 nitrogen and oxygen atoms in total. The molecule has 0 aliphatic heterocycles. The van der Waals surface area contributed by atoms with Crippen LogP contribution in [0.1, 0.15) is 11.5 Å². The van der Waals surface area contributed by atoms with Crippen molar-refractivity contribution in [1.82, 2.24) is 10.9 Å². The van der Waals surface area contributed by atoms with E-state index in [9.17, 15) is 9.59 Å². The van der Waals surface area contributed by atoms with Crippen LogP contribution in [-0.4, -0.2) is 24.2 Å². The molecule has 0 radical (unpaired) electrons. The largest absolute Gasteiger partial charge is 0.465 e. The number of nitrogens with one attached hydrogen (secondary N) is 2. The minimum absolute atomic E-state index is 0.641. The first-order chi connectivity index (χ1) is 11.8. The molecule has 2 aromatic heterocycles. The highest BCUT2D eigenvalue weighted by molar-refractivity contribution is 6.35. The van der Waals surface area contributed by atoms with Gasteiger partial charge in [-0.1, -0.05) is 0 Å². The van der Waals surface area contributed by atoms with Gasteiger partial charge in [0.1, 0.15) is 11.5 Å². The molecule has 0 bridgehead atoms. The Kier molecular flexibility index (Phi) is 6.51. The van der Waals surface area contributed by atoms with E-state index in [2.05, 4.69) is 21.1 Å². The van der Waals surface area contributed by atoms with Gasteiger partial charge in [0.25, 0.3) is 0 Å². The third-order valence-electron chi connectivity index (χ3n) is 2.47. The van der Waals surface area contributed by atoms with Gasteiger partial charge in [-0.2, -0.15) is 10.2 Å². The van der Waals surface area contributed by atoms with E-state index in [4.69, 9.17) is 8.83 Å². The monoisotopic (exact) mass is 326 g/mol. The second kappa shape index (κ2) is 9.36. The molecule has 2 rings (SSSR count). The first-order valence-electron chi connectivity index (χ1n) is 6.82. The van der Waals surface area contributed by atoms with Gasteiger partial charge in [0, 0.05) is 12.4 Å². The van der Waals surface area contributed by atoms with Crippen LogP contribution in [0.3, 0.4) is 0 Å². The quantitative estimate of drug-likeness (QED) is 0.479. The summed E-state index contributed by atoms with van der Waals surface area (Å²) >= 11 is 0. The van der Waals surface area contributed by atoms with Crippen molar-refractivity contribution in [3.63, 3.8) is 0 Å². The lowest BCUT2D eigenvalue weighted by molar-refractivity contribution is -0.139. The number of carbonyl (C=O) groups is 2. The van der Waals surface area contributed by atoms with E-state index in [1.54, 1.807) is 48.6 Å². The lowest BCUT2D eigenvalue weighted by Gasteiger charge is -1.96. The van der Waals surface area contributed by atoms with Crippen LogP contribution in [0.25, 0.3) is 12.2 Å². The number of furan rings is 2. The van der Waals surface area contributed by atoms with Crippen LogP contribution in [-0.2, 0) is 9.59 Å². The molecule has 0 aliphatic rings. The van der Waals surface area contributed by atoms with E-state index < -0.39 is 11.8 Å². The van der Waals surface area contributed by atoms with Crippen LogP contribution in [0.5, 0.6) is 0 Å². The predicted molar refractivity (Wildman–Crippen MR) is 88.8 cm³/mol. The molecule has 2 aromatic rings. The molecular formula is C16H14N4O4. The van der Waals surface area contributed by atoms with Gasteiger partial charge in [-0.25, -0.2) is 10.9 Å². The number of hydrogen-bond donors (Lipinski definition) is 2. The second-order valence-corrected chi connectivity index (χ2v) is 4.19. The van der Waals surface area contributed by atoms with Crippen molar-refractivity contribution in [3.8, 4) is 0 Å². The molecule has 0 spiro atoms. The van der Waals surface area contributed by atoms with Crippen molar-refractivity contribution < 1.29 is 18.4 Å². The Bertz CT molecular complexity index is 690. The average molecular weight is 326 g/mol. The van der Waals surface area contributed by atoms with Crippen molar-refractivity contribution in [2.45, 2.75) is 0 Å². The van der Waals surface area contributed by atoms with Gasteiger partial charge in [0.05, 0.1) is 12.5 Å². The Balaban J connectivity index is 1.67. The average Bonchev–Trinajstić information content (AvgIpc) is 3.27. The third-order valence-corrected chi connectivity index (χ3v) is 2.47. The molecule has 2 N–H and O–H groups in total. The van der Waals surface area contributed by atoms with Crippen molar-refractivity contribution in [2.75, 3.05) is 0 Å². The highest BCUT2D eigenvalue weighted by Gasteiger charge is 2.10. The molecule has 0 aliphatic carbocycles. The normalized spacial score (nSPS) is 11.8. The van der Waals surface area contributed by atoms with Crippen LogP contribution in [0.2, 0.25) is 0 Å². The third kappa shape index (κ3) is 5.98. The first kappa shape index (κ1) is 16.7. The fourth-order valence-corrected chi connectivity index (χ4v) is 1.43. The minimum Gasteiger partial charge on any atom is -0.465 e. The van der Waals surface area contributed by atoms with Crippen LogP contribution in [0.15, 0.2) is 68.0 Å². The molecule has 0 atom stereocenters. The predicted octanol–water partition coefficient (Wildman–Crippen LogP) is 1.80. The van der Waals surface area contributed by atoms with Crippen LogP contribution >= 0.6 is 0 Å². The summed E-state index contributed by atoms with van der Waals surface area (Å²) in [5.74, 6) is -0.598. The summed E-state index contributed by atoms with van der Waals surface area (Å²) in [6, 6.07) is 7.00. The zero-order valence-corrected chi connectivity index (χ0v) is 12.5. The maximum absolute atomic E-state index is 11.4. The van der Waals surface area contributed by atoms with E-state index in [-0.39, 0.29) is 0 Å². The Morgan fingerprint density at radius 2 is 1.29 bits per heavy atom. The van der Waals surface area contributed by atoms with Crippen molar-refractivity contribution >= 4 is 36.4 Å². The zero-order chi connectivity index (χ0) is 17.0. The van der Waals surface area contributed by atoms with Crippen LogP contribution < -0.4 is 10.9 Å². The summed E-state index contributed by atoms with van der Waals surface area (Å²) in [5, 5.41) is 7.16. The highest BCUT2D eigenvalue weighted by atomic mass is 16.3. The maximum Gasteiger partial charge on any atom is 0.331 e. The summed E-state index contributed by atoms with van der Waals surface area (Å²) in [7, 11) is 0.